The molecule has 5 aromatic heterocycles. The summed E-state index contributed by atoms with van der Waals surface area (Å²) in [6, 6.07) is 6.11. The lowest BCUT2D eigenvalue weighted by Crippen LogP contribution is -1.91. The number of H-pyrrole nitrogens is 2. The van der Waals surface area contributed by atoms with Gasteiger partial charge in [0.05, 0.1) is 41.2 Å². The van der Waals surface area contributed by atoms with E-state index in [1.54, 1.807) is 19.6 Å². The van der Waals surface area contributed by atoms with Gasteiger partial charge in [0.1, 0.15) is 23.5 Å². The Morgan fingerprint density at radius 3 is 2.62 bits per heavy atom. The smallest absolute Gasteiger partial charge is 0.142 e. The highest BCUT2D eigenvalue weighted by Gasteiger charge is 2.22. The molecule has 8 nitrogen and oxygen atoms in total. The van der Waals surface area contributed by atoms with Crippen LogP contribution in [0.1, 0.15) is 17.1 Å². The number of pyridine rings is 1. The molecule has 0 spiro atoms. The lowest BCUT2D eigenvalue weighted by atomic mass is 9.99. The lowest BCUT2D eigenvalue weighted by molar-refractivity contribution is 0.393. The standard InChI is InChI=1S/C24H20N6O2/c1-11-21(14-5-6-25-9-18(14)28-11)23-22-15-8-19(31-4)16(20-12(2)30-32-13(20)3)7-17(15)29-24(22)27-10-26-23/h5-10,28H,1-4H3,(H,26,27,29). The van der Waals surface area contributed by atoms with Crippen molar-refractivity contribution >= 4 is 32.8 Å². The molecule has 0 amide bonds. The molecule has 0 aliphatic rings. The average Bonchev–Trinajstić information content (AvgIpc) is 3.44. The van der Waals surface area contributed by atoms with Gasteiger partial charge < -0.3 is 19.2 Å². The van der Waals surface area contributed by atoms with Crippen LogP contribution in [-0.4, -0.2) is 37.2 Å². The van der Waals surface area contributed by atoms with E-state index >= 15 is 0 Å². The van der Waals surface area contributed by atoms with Crippen LogP contribution in [0.3, 0.4) is 0 Å². The van der Waals surface area contributed by atoms with Crippen molar-refractivity contribution in [2.45, 2.75) is 20.8 Å². The highest BCUT2D eigenvalue weighted by Crippen LogP contribution is 2.42. The summed E-state index contributed by atoms with van der Waals surface area (Å²) >= 11 is 0. The Balaban J connectivity index is 1.70. The minimum Gasteiger partial charge on any atom is -0.496 e. The molecule has 32 heavy (non-hydrogen) atoms. The minimum atomic E-state index is 0.738. The largest absolute Gasteiger partial charge is 0.496 e. The summed E-state index contributed by atoms with van der Waals surface area (Å²) in [5, 5.41) is 7.12. The molecular formula is C24H20N6O2. The molecular weight excluding hydrogens is 404 g/mol. The second-order valence-corrected chi connectivity index (χ2v) is 7.91. The van der Waals surface area contributed by atoms with E-state index in [1.165, 1.54) is 0 Å². The minimum absolute atomic E-state index is 0.738. The number of methoxy groups -OCH3 is 1. The molecule has 158 valence electrons. The van der Waals surface area contributed by atoms with Crippen LogP contribution in [0.25, 0.3) is 55.2 Å². The first-order chi connectivity index (χ1) is 15.6. The van der Waals surface area contributed by atoms with Crippen molar-refractivity contribution in [3.63, 3.8) is 0 Å². The maximum absolute atomic E-state index is 5.79. The summed E-state index contributed by atoms with van der Waals surface area (Å²) in [6.07, 6.45) is 5.23. The van der Waals surface area contributed by atoms with E-state index < -0.39 is 0 Å². The number of hydrogen-bond donors (Lipinski definition) is 2. The summed E-state index contributed by atoms with van der Waals surface area (Å²) < 4.78 is 11.2. The van der Waals surface area contributed by atoms with E-state index in [-0.39, 0.29) is 0 Å². The second kappa shape index (κ2) is 6.65. The summed E-state index contributed by atoms with van der Waals surface area (Å²) in [5.74, 6) is 1.49. The Morgan fingerprint density at radius 2 is 1.84 bits per heavy atom. The first-order valence-electron chi connectivity index (χ1n) is 10.3. The summed E-state index contributed by atoms with van der Waals surface area (Å²) in [4.78, 5) is 20.3. The fraction of sp³-hybridized carbons (Fsp3) is 0.167. The van der Waals surface area contributed by atoms with E-state index in [9.17, 15) is 0 Å². The van der Waals surface area contributed by atoms with Gasteiger partial charge in [0.15, 0.2) is 0 Å². The number of aryl methyl sites for hydroxylation is 3. The zero-order chi connectivity index (χ0) is 22.0. The third-order valence-corrected chi connectivity index (χ3v) is 6.04. The van der Waals surface area contributed by atoms with Gasteiger partial charge in [0.2, 0.25) is 0 Å². The van der Waals surface area contributed by atoms with Gasteiger partial charge in [-0.25, -0.2) is 9.97 Å². The van der Waals surface area contributed by atoms with E-state index in [4.69, 9.17) is 14.2 Å². The van der Waals surface area contributed by atoms with Gasteiger partial charge in [-0.15, -0.1) is 0 Å². The number of fused-ring (bicyclic) bond motifs is 4. The molecule has 0 fully saturated rings. The molecule has 6 rings (SSSR count). The van der Waals surface area contributed by atoms with Gasteiger partial charge in [-0.3, -0.25) is 4.98 Å². The number of aromatic nitrogens is 6. The third-order valence-electron chi connectivity index (χ3n) is 6.04. The molecule has 0 radical (unpaired) electrons. The third kappa shape index (κ3) is 2.49. The number of ether oxygens (including phenoxy) is 1. The molecule has 2 N–H and O–H groups in total. The Kier molecular flexibility index (Phi) is 3.86. The first-order valence-corrected chi connectivity index (χ1v) is 10.3. The van der Waals surface area contributed by atoms with Crippen LogP contribution in [0.4, 0.5) is 0 Å². The predicted molar refractivity (Wildman–Crippen MR) is 123 cm³/mol. The van der Waals surface area contributed by atoms with Crippen LogP contribution in [0.15, 0.2) is 41.4 Å². The average molecular weight is 424 g/mol. The molecule has 0 unspecified atom stereocenters. The maximum atomic E-state index is 5.79. The molecule has 0 saturated heterocycles. The number of nitrogens with one attached hydrogen (secondary N) is 2. The SMILES string of the molecule is COc1cc2c(cc1-c1c(C)noc1C)[nH]c1ncnc(-c3c(C)[nH]c4cnccc34)c12. The number of aromatic amines is 2. The molecule has 0 aliphatic carbocycles. The van der Waals surface area contributed by atoms with E-state index in [0.29, 0.717) is 0 Å². The maximum Gasteiger partial charge on any atom is 0.142 e. The van der Waals surface area contributed by atoms with Crippen LogP contribution in [0.5, 0.6) is 5.75 Å². The lowest BCUT2D eigenvalue weighted by Gasteiger charge is -2.09. The van der Waals surface area contributed by atoms with Crippen molar-refractivity contribution in [2.75, 3.05) is 7.11 Å². The normalized spacial score (nSPS) is 11.8. The Hall–Kier alpha value is -4.20. The topological polar surface area (TPSA) is 106 Å². The van der Waals surface area contributed by atoms with Crippen molar-refractivity contribution in [1.82, 2.24) is 30.1 Å². The monoisotopic (exact) mass is 424 g/mol. The van der Waals surface area contributed by atoms with Gasteiger partial charge in [0.25, 0.3) is 0 Å². The highest BCUT2D eigenvalue weighted by atomic mass is 16.5. The van der Waals surface area contributed by atoms with Gasteiger partial charge >= 0.3 is 0 Å². The molecule has 0 saturated carbocycles. The van der Waals surface area contributed by atoms with Crippen molar-refractivity contribution in [1.29, 1.82) is 0 Å². The molecule has 1 aromatic carbocycles. The Bertz CT molecular complexity index is 1640. The van der Waals surface area contributed by atoms with Crippen LogP contribution in [0, 0.1) is 20.8 Å². The van der Waals surface area contributed by atoms with Crippen LogP contribution < -0.4 is 4.74 Å². The van der Waals surface area contributed by atoms with E-state index in [2.05, 4.69) is 31.2 Å². The summed E-state index contributed by atoms with van der Waals surface area (Å²) in [7, 11) is 1.67. The van der Waals surface area contributed by atoms with E-state index in [1.807, 2.05) is 39.1 Å². The quantitative estimate of drug-likeness (QED) is 0.402. The van der Waals surface area contributed by atoms with Gasteiger partial charge in [0, 0.05) is 39.3 Å². The second-order valence-electron chi connectivity index (χ2n) is 7.91. The fourth-order valence-electron chi connectivity index (χ4n) is 4.66. The van der Waals surface area contributed by atoms with Crippen molar-refractivity contribution in [2.24, 2.45) is 0 Å². The fourth-order valence-corrected chi connectivity index (χ4v) is 4.66. The van der Waals surface area contributed by atoms with Crippen molar-refractivity contribution in [3.8, 4) is 28.1 Å². The predicted octanol–water partition coefficient (Wildman–Crippen LogP) is 5.24. The van der Waals surface area contributed by atoms with Crippen molar-refractivity contribution in [3.05, 3.63) is 54.1 Å². The van der Waals surface area contributed by atoms with Crippen LogP contribution >= 0.6 is 0 Å². The molecule has 0 aliphatic heterocycles. The highest BCUT2D eigenvalue weighted by molar-refractivity contribution is 6.16. The number of rotatable bonds is 3. The first kappa shape index (κ1) is 18.6. The zero-order valence-corrected chi connectivity index (χ0v) is 18.1. The van der Waals surface area contributed by atoms with Gasteiger partial charge in [-0.2, -0.15) is 0 Å². The summed E-state index contributed by atoms with van der Waals surface area (Å²) in [5.41, 5.74) is 8.31. The van der Waals surface area contributed by atoms with Gasteiger partial charge in [-0.1, -0.05) is 5.16 Å². The molecule has 0 atom stereocenters. The Labute approximate surface area is 182 Å². The summed E-state index contributed by atoms with van der Waals surface area (Å²) in [6.45, 7) is 5.88. The molecule has 0 bridgehead atoms. The molecule has 5 heterocycles. The number of hydrogen-bond acceptors (Lipinski definition) is 6. The molecule has 8 heteroatoms. The van der Waals surface area contributed by atoms with Gasteiger partial charge in [-0.05, 0) is 39.0 Å². The number of benzene rings is 1. The Morgan fingerprint density at radius 1 is 0.969 bits per heavy atom. The molecule has 6 aromatic rings. The van der Waals surface area contributed by atoms with Crippen LogP contribution in [-0.2, 0) is 0 Å². The zero-order valence-electron chi connectivity index (χ0n) is 18.1. The van der Waals surface area contributed by atoms with Crippen LogP contribution in [0.2, 0.25) is 0 Å². The van der Waals surface area contributed by atoms with Crippen molar-refractivity contribution < 1.29 is 9.26 Å². The van der Waals surface area contributed by atoms with E-state index in [0.717, 1.165) is 78.1 Å². The number of nitrogens with zero attached hydrogens (tertiary/aromatic N) is 4.